The molecule has 0 aliphatic heterocycles. The van der Waals surface area contributed by atoms with E-state index in [-0.39, 0.29) is 40.2 Å². The molecule has 1 aliphatic rings. The molecule has 3 aromatic rings. The van der Waals surface area contributed by atoms with E-state index in [4.69, 9.17) is 10.3 Å². The summed E-state index contributed by atoms with van der Waals surface area (Å²) in [6.45, 7) is 1.42. The van der Waals surface area contributed by atoms with Crippen molar-refractivity contribution in [2.75, 3.05) is 12.0 Å². The van der Waals surface area contributed by atoms with Gasteiger partial charge in [0.25, 0.3) is 5.91 Å². The van der Waals surface area contributed by atoms with Crippen LogP contribution in [0.15, 0.2) is 77.9 Å². The van der Waals surface area contributed by atoms with Crippen LogP contribution in [0.2, 0.25) is 0 Å². The van der Waals surface area contributed by atoms with Gasteiger partial charge in [0.2, 0.25) is 5.91 Å². The van der Waals surface area contributed by atoms with Crippen LogP contribution in [0.4, 0.5) is 11.4 Å². The van der Waals surface area contributed by atoms with E-state index in [2.05, 4.69) is 15.3 Å². The van der Waals surface area contributed by atoms with E-state index < -0.39 is 11.9 Å². The summed E-state index contributed by atoms with van der Waals surface area (Å²) in [5, 5.41) is 6.86. The first-order chi connectivity index (χ1) is 18.9. The first-order valence-electron chi connectivity index (χ1n) is 13.0. The lowest BCUT2D eigenvalue weighted by Gasteiger charge is -2.34. The zero-order valence-electron chi connectivity index (χ0n) is 22.0. The monoisotopic (exact) mass is 525 g/mol. The summed E-state index contributed by atoms with van der Waals surface area (Å²) in [6, 6.07) is 18.9. The van der Waals surface area contributed by atoms with Crippen molar-refractivity contribution >= 4 is 29.0 Å². The Balaban J connectivity index is 1.92. The number of ether oxygens (including phenoxy) is 1. The SMILES string of the molecule is COc1ccc(C(C(=O)NC2CCCCC2)N(C(=O)c2ccccc2N=[N+]=[N-])c2ccccc2C(C)=O)cc1. The molecule has 1 saturated carbocycles. The minimum Gasteiger partial charge on any atom is -0.497 e. The van der Waals surface area contributed by atoms with Crippen LogP contribution in [0, 0.1) is 0 Å². The Morgan fingerprint density at radius 1 is 0.949 bits per heavy atom. The van der Waals surface area contributed by atoms with Gasteiger partial charge in [-0.25, -0.2) is 0 Å². The normalized spacial score (nSPS) is 14.0. The molecule has 0 radical (unpaired) electrons. The van der Waals surface area contributed by atoms with Crippen LogP contribution >= 0.6 is 0 Å². The number of carbonyl (C=O) groups excluding carboxylic acids is 3. The molecule has 4 rings (SSSR count). The first-order valence-corrected chi connectivity index (χ1v) is 13.0. The molecule has 1 fully saturated rings. The van der Waals surface area contributed by atoms with E-state index in [1.807, 2.05) is 0 Å². The number of hydrogen-bond acceptors (Lipinski definition) is 5. The quantitative estimate of drug-likeness (QED) is 0.145. The smallest absolute Gasteiger partial charge is 0.259 e. The summed E-state index contributed by atoms with van der Waals surface area (Å²) in [6.07, 6.45) is 4.89. The summed E-state index contributed by atoms with van der Waals surface area (Å²) in [4.78, 5) is 45.4. The van der Waals surface area contributed by atoms with E-state index in [1.165, 1.54) is 17.9 Å². The van der Waals surface area contributed by atoms with Crippen LogP contribution in [0.5, 0.6) is 5.75 Å². The Labute approximate surface area is 227 Å². The van der Waals surface area contributed by atoms with Crippen molar-refractivity contribution in [1.29, 1.82) is 0 Å². The Morgan fingerprint density at radius 2 is 1.59 bits per heavy atom. The van der Waals surface area contributed by atoms with Crippen LogP contribution < -0.4 is 15.0 Å². The molecule has 0 heterocycles. The minimum atomic E-state index is -1.12. The second kappa shape index (κ2) is 12.8. The lowest BCUT2D eigenvalue weighted by molar-refractivity contribution is -0.123. The van der Waals surface area contributed by atoms with Crippen LogP contribution in [0.3, 0.4) is 0 Å². The number of hydrogen-bond donors (Lipinski definition) is 1. The van der Waals surface area contributed by atoms with Gasteiger partial charge >= 0.3 is 0 Å². The first kappa shape index (κ1) is 27.4. The fourth-order valence-corrected chi connectivity index (χ4v) is 5.00. The Hall–Kier alpha value is -4.62. The molecule has 1 N–H and O–H groups in total. The highest BCUT2D eigenvalue weighted by atomic mass is 16.5. The summed E-state index contributed by atoms with van der Waals surface area (Å²) in [5.74, 6) is -0.597. The predicted molar refractivity (Wildman–Crippen MR) is 149 cm³/mol. The molecule has 1 unspecified atom stereocenters. The van der Waals surface area contributed by atoms with Crippen LogP contribution in [0.1, 0.15) is 71.3 Å². The fourth-order valence-electron chi connectivity index (χ4n) is 5.00. The highest BCUT2D eigenvalue weighted by molar-refractivity contribution is 6.15. The predicted octanol–water partition coefficient (Wildman–Crippen LogP) is 6.68. The largest absolute Gasteiger partial charge is 0.497 e. The molecule has 0 aromatic heterocycles. The van der Waals surface area contributed by atoms with Gasteiger partial charge in [0, 0.05) is 22.1 Å². The molecular weight excluding hydrogens is 494 g/mol. The number of para-hydroxylation sites is 1. The number of carbonyl (C=O) groups is 3. The topological polar surface area (TPSA) is 124 Å². The maximum atomic E-state index is 14.4. The molecule has 39 heavy (non-hydrogen) atoms. The highest BCUT2D eigenvalue weighted by Crippen LogP contribution is 2.35. The average Bonchev–Trinajstić information content (AvgIpc) is 2.96. The van der Waals surface area contributed by atoms with Crippen molar-refractivity contribution in [3.8, 4) is 5.75 Å². The third kappa shape index (κ3) is 6.27. The number of amides is 2. The maximum Gasteiger partial charge on any atom is 0.259 e. The fraction of sp³-hybridized carbons (Fsp3) is 0.300. The molecule has 0 bridgehead atoms. The molecular formula is C30H31N5O4. The zero-order valence-corrected chi connectivity index (χ0v) is 22.0. The summed E-state index contributed by atoms with van der Waals surface area (Å²) in [7, 11) is 1.55. The molecule has 1 atom stereocenters. The Kier molecular flexibility index (Phi) is 8.97. The molecule has 0 spiro atoms. The average molecular weight is 526 g/mol. The van der Waals surface area contributed by atoms with Crippen molar-refractivity contribution in [3.05, 3.63) is 99.9 Å². The van der Waals surface area contributed by atoms with Crippen LogP contribution in [-0.2, 0) is 4.79 Å². The summed E-state index contributed by atoms with van der Waals surface area (Å²) >= 11 is 0. The molecule has 1 aliphatic carbocycles. The van der Waals surface area contributed by atoms with E-state index in [1.54, 1.807) is 73.8 Å². The van der Waals surface area contributed by atoms with Crippen molar-refractivity contribution < 1.29 is 19.1 Å². The third-order valence-electron chi connectivity index (χ3n) is 6.94. The molecule has 9 heteroatoms. The third-order valence-corrected chi connectivity index (χ3v) is 6.94. The summed E-state index contributed by atoms with van der Waals surface area (Å²) < 4.78 is 5.31. The van der Waals surface area contributed by atoms with Crippen LogP contribution in [0.25, 0.3) is 10.4 Å². The standard InChI is InChI=1S/C30H31N5O4/c1-20(36)24-12-7-9-15-27(24)35(30(38)25-13-6-8-14-26(25)33-34-31)28(21-16-18-23(39-2)19-17-21)29(37)32-22-10-4-3-5-11-22/h6-9,12-19,22,28H,3-5,10-11H2,1-2H3,(H,32,37). The van der Waals surface area contributed by atoms with Gasteiger partial charge in [0.1, 0.15) is 11.8 Å². The Morgan fingerprint density at radius 3 is 2.23 bits per heavy atom. The number of anilines is 1. The molecule has 2 amide bonds. The number of azide groups is 1. The van der Waals surface area contributed by atoms with Gasteiger partial charge in [-0.3, -0.25) is 19.3 Å². The van der Waals surface area contributed by atoms with Gasteiger partial charge in [0.15, 0.2) is 5.78 Å². The number of nitrogens with zero attached hydrogens (tertiary/aromatic N) is 4. The van der Waals surface area contributed by atoms with Crippen molar-refractivity contribution in [2.45, 2.75) is 51.1 Å². The highest BCUT2D eigenvalue weighted by Gasteiger charge is 2.36. The number of nitrogens with one attached hydrogen (secondary N) is 1. The second-order valence-corrected chi connectivity index (χ2v) is 9.47. The van der Waals surface area contributed by atoms with E-state index in [9.17, 15) is 14.4 Å². The number of rotatable bonds is 9. The van der Waals surface area contributed by atoms with E-state index in [0.29, 0.717) is 11.3 Å². The zero-order chi connectivity index (χ0) is 27.8. The second-order valence-electron chi connectivity index (χ2n) is 9.47. The van der Waals surface area contributed by atoms with Crippen molar-refractivity contribution in [1.82, 2.24) is 5.32 Å². The van der Waals surface area contributed by atoms with Gasteiger partial charge in [-0.05, 0) is 61.2 Å². The van der Waals surface area contributed by atoms with Gasteiger partial charge in [-0.15, -0.1) is 0 Å². The van der Waals surface area contributed by atoms with Crippen molar-refractivity contribution in [3.63, 3.8) is 0 Å². The van der Waals surface area contributed by atoms with E-state index in [0.717, 1.165) is 32.1 Å². The molecule has 3 aromatic carbocycles. The number of ketones is 1. The van der Waals surface area contributed by atoms with Gasteiger partial charge in [0.05, 0.1) is 18.5 Å². The molecule has 0 saturated heterocycles. The lowest BCUT2D eigenvalue weighted by atomic mass is 9.94. The van der Waals surface area contributed by atoms with Crippen LogP contribution in [-0.4, -0.2) is 30.7 Å². The minimum absolute atomic E-state index is 0.0116. The maximum absolute atomic E-state index is 14.4. The van der Waals surface area contributed by atoms with Crippen molar-refractivity contribution in [2.24, 2.45) is 5.11 Å². The van der Waals surface area contributed by atoms with E-state index >= 15 is 0 Å². The number of methoxy groups -OCH3 is 1. The molecule has 200 valence electrons. The van der Waals surface area contributed by atoms with Gasteiger partial charge < -0.3 is 10.1 Å². The van der Waals surface area contributed by atoms with Gasteiger partial charge in [-0.2, -0.15) is 0 Å². The Bertz CT molecular complexity index is 1390. The number of Topliss-reactive ketones (excluding diaryl/α,β-unsaturated/α-hetero) is 1. The molecule has 9 nitrogen and oxygen atoms in total. The lowest BCUT2D eigenvalue weighted by Crippen LogP contribution is -2.47. The summed E-state index contributed by atoms with van der Waals surface area (Å²) in [5.41, 5.74) is 10.5. The number of benzene rings is 3. The van der Waals surface area contributed by atoms with Gasteiger partial charge in [-0.1, -0.05) is 66.8 Å².